The van der Waals surface area contributed by atoms with Gasteiger partial charge in [-0.25, -0.2) is 4.79 Å². The highest BCUT2D eigenvalue weighted by molar-refractivity contribution is 5.96. The third-order valence-corrected chi connectivity index (χ3v) is 4.64. The van der Waals surface area contributed by atoms with E-state index in [0.717, 1.165) is 0 Å². The maximum atomic E-state index is 12.9. The molecule has 0 spiro atoms. The number of urea groups is 1. The number of anilines is 1. The number of hydrogen-bond donors (Lipinski definition) is 3. The van der Waals surface area contributed by atoms with E-state index in [-0.39, 0.29) is 17.7 Å². The van der Waals surface area contributed by atoms with Gasteiger partial charge in [-0.05, 0) is 36.2 Å². The summed E-state index contributed by atoms with van der Waals surface area (Å²) in [6.07, 6.45) is 0. The first-order valence-electron chi connectivity index (χ1n) is 8.29. The fourth-order valence-corrected chi connectivity index (χ4v) is 3.41. The predicted molar refractivity (Wildman–Crippen MR) is 97.3 cm³/mol. The summed E-state index contributed by atoms with van der Waals surface area (Å²) >= 11 is 0. The van der Waals surface area contributed by atoms with Crippen LogP contribution in [0.1, 0.15) is 21.8 Å². The van der Waals surface area contributed by atoms with Crippen molar-refractivity contribution in [2.45, 2.75) is 5.92 Å². The summed E-state index contributed by atoms with van der Waals surface area (Å²) in [6.45, 7) is 1.80. The Balaban J connectivity index is 1.78. The smallest absolute Gasteiger partial charge is 0.316 e. The first kappa shape index (κ1) is 17.0. The van der Waals surface area contributed by atoms with Crippen LogP contribution in [0.5, 0.6) is 0 Å². The number of nitrogens with one attached hydrogen (secondary N) is 1. The molecule has 6 heteroatoms. The number of carbonyl (C=O) groups excluding carboxylic acids is 2. The van der Waals surface area contributed by atoms with Crippen molar-refractivity contribution < 1.29 is 9.59 Å². The van der Waals surface area contributed by atoms with Gasteiger partial charge in [0.15, 0.2) is 0 Å². The lowest BCUT2D eigenvalue weighted by atomic mass is 9.89. The minimum Gasteiger partial charge on any atom is -0.351 e. The maximum absolute atomic E-state index is 12.9. The zero-order valence-electron chi connectivity index (χ0n) is 13.9. The van der Waals surface area contributed by atoms with Crippen LogP contribution in [-0.4, -0.2) is 36.5 Å². The second kappa shape index (κ2) is 7.36. The van der Waals surface area contributed by atoms with Crippen molar-refractivity contribution in [3.05, 3.63) is 65.7 Å². The standard InChI is InChI=1S/C19H22N4O2/c20-10-15-11-23(12-17(15)13-5-2-1-3-6-13)18(24)14-7-4-8-16(9-14)22-19(21)25/h1-9,15,17H,10-12,20H2,(H3,21,22,25)/t15-,17+/m1/s1. The molecular weight excluding hydrogens is 316 g/mol. The van der Waals surface area contributed by atoms with Crippen molar-refractivity contribution in [3.8, 4) is 0 Å². The maximum Gasteiger partial charge on any atom is 0.316 e. The van der Waals surface area contributed by atoms with E-state index in [2.05, 4.69) is 17.4 Å². The highest BCUT2D eigenvalue weighted by atomic mass is 16.2. The quantitative estimate of drug-likeness (QED) is 0.794. The summed E-state index contributed by atoms with van der Waals surface area (Å²) < 4.78 is 0. The van der Waals surface area contributed by atoms with Crippen LogP contribution in [0.3, 0.4) is 0 Å². The zero-order valence-corrected chi connectivity index (χ0v) is 13.9. The number of amides is 3. The molecule has 1 fully saturated rings. The molecule has 130 valence electrons. The van der Waals surface area contributed by atoms with Crippen LogP contribution in [0.25, 0.3) is 0 Å². The van der Waals surface area contributed by atoms with Gasteiger partial charge < -0.3 is 21.7 Å². The highest BCUT2D eigenvalue weighted by Crippen LogP contribution is 2.32. The summed E-state index contributed by atoms with van der Waals surface area (Å²) in [4.78, 5) is 25.7. The van der Waals surface area contributed by atoms with E-state index in [1.54, 1.807) is 24.3 Å². The largest absolute Gasteiger partial charge is 0.351 e. The Hall–Kier alpha value is -2.86. The Morgan fingerprint density at radius 1 is 1.08 bits per heavy atom. The molecule has 0 bridgehead atoms. The van der Waals surface area contributed by atoms with Crippen LogP contribution in [0, 0.1) is 5.92 Å². The predicted octanol–water partition coefficient (Wildman–Crippen LogP) is 1.99. The van der Waals surface area contributed by atoms with E-state index in [1.165, 1.54) is 5.56 Å². The summed E-state index contributed by atoms with van der Waals surface area (Å²) in [7, 11) is 0. The molecule has 1 aliphatic rings. The molecule has 5 N–H and O–H groups in total. The van der Waals surface area contributed by atoms with E-state index < -0.39 is 6.03 Å². The SMILES string of the molecule is NC[C@@H]1CN(C(=O)c2cccc(NC(N)=O)c2)C[C@H]1c1ccccc1. The number of nitrogens with two attached hydrogens (primary N) is 2. The molecule has 6 nitrogen and oxygen atoms in total. The number of rotatable bonds is 4. The molecule has 25 heavy (non-hydrogen) atoms. The van der Waals surface area contributed by atoms with Crippen LogP contribution in [0.4, 0.5) is 10.5 Å². The Morgan fingerprint density at radius 2 is 1.84 bits per heavy atom. The molecule has 0 aliphatic carbocycles. The molecule has 0 aromatic heterocycles. The van der Waals surface area contributed by atoms with E-state index in [9.17, 15) is 9.59 Å². The van der Waals surface area contributed by atoms with E-state index >= 15 is 0 Å². The van der Waals surface area contributed by atoms with Gasteiger partial charge in [0.25, 0.3) is 5.91 Å². The average Bonchev–Trinajstić information content (AvgIpc) is 3.06. The third kappa shape index (κ3) is 3.80. The van der Waals surface area contributed by atoms with Crippen molar-refractivity contribution >= 4 is 17.6 Å². The third-order valence-electron chi connectivity index (χ3n) is 4.64. The number of benzene rings is 2. The molecule has 3 amide bonds. The number of likely N-dealkylation sites (tertiary alicyclic amines) is 1. The van der Waals surface area contributed by atoms with Crippen LogP contribution in [0.15, 0.2) is 54.6 Å². The lowest BCUT2D eigenvalue weighted by molar-refractivity contribution is 0.0786. The molecule has 0 radical (unpaired) electrons. The number of nitrogens with zero attached hydrogens (tertiary/aromatic N) is 1. The van der Waals surface area contributed by atoms with Gasteiger partial charge in [0, 0.05) is 30.3 Å². The normalized spacial score (nSPS) is 19.6. The van der Waals surface area contributed by atoms with E-state index in [1.807, 2.05) is 23.1 Å². The lowest BCUT2D eigenvalue weighted by Crippen LogP contribution is -2.30. The zero-order chi connectivity index (χ0) is 17.8. The lowest BCUT2D eigenvalue weighted by Gasteiger charge is -2.17. The second-order valence-corrected chi connectivity index (χ2v) is 6.29. The van der Waals surface area contributed by atoms with Gasteiger partial charge in [0.05, 0.1) is 0 Å². The monoisotopic (exact) mass is 338 g/mol. The Morgan fingerprint density at radius 3 is 2.52 bits per heavy atom. The van der Waals surface area contributed by atoms with Crippen molar-refractivity contribution in [3.63, 3.8) is 0 Å². The Bertz CT molecular complexity index is 763. The number of hydrogen-bond acceptors (Lipinski definition) is 3. The number of carbonyl (C=O) groups is 2. The first-order chi connectivity index (χ1) is 12.1. The first-order valence-corrected chi connectivity index (χ1v) is 8.29. The van der Waals surface area contributed by atoms with Crippen LogP contribution in [0.2, 0.25) is 0 Å². The Kier molecular flexibility index (Phi) is 5.00. The van der Waals surface area contributed by atoms with Crippen molar-refractivity contribution in [2.24, 2.45) is 17.4 Å². The molecule has 2 atom stereocenters. The highest BCUT2D eigenvalue weighted by Gasteiger charge is 2.35. The van der Waals surface area contributed by atoms with Gasteiger partial charge >= 0.3 is 6.03 Å². The molecule has 2 aromatic carbocycles. The Labute approximate surface area is 146 Å². The van der Waals surface area contributed by atoms with E-state index in [4.69, 9.17) is 11.5 Å². The minimum absolute atomic E-state index is 0.0648. The van der Waals surface area contributed by atoms with Gasteiger partial charge in [0.2, 0.25) is 0 Å². The summed E-state index contributed by atoms with van der Waals surface area (Å²) in [5.74, 6) is 0.408. The fourth-order valence-electron chi connectivity index (χ4n) is 3.41. The summed E-state index contributed by atoms with van der Waals surface area (Å²) in [6, 6.07) is 16.3. The molecular formula is C19H22N4O2. The minimum atomic E-state index is -0.655. The molecule has 1 saturated heterocycles. The van der Waals surface area contributed by atoms with Crippen LogP contribution in [-0.2, 0) is 0 Å². The van der Waals surface area contributed by atoms with Gasteiger partial charge in [0.1, 0.15) is 0 Å². The molecule has 1 heterocycles. The molecule has 0 unspecified atom stereocenters. The summed E-state index contributed by atoms with van der Waals surface area (Å²) in [5, 5.41) is 2.49. The van der Waals surface area contributed by atoms with Gasteiger partial charge in [-0.3, -0.25) is 4.79 Å². The van der Waals surface area contributed by atoms with Crippen molar-refractivity contribution in [1.82, 2.24) is 4.90 Å². The average molecular weight is 338 g/mol. The fraction of sp³-hybridized carbons (Fsp3) is 0.263. The van der Waals surface area contributed by atoms with Gasteiger partial charge in [-0.1, -0.05) is 36.4 Å². The van der Waals surface area contributed by atoms with Gasteiger partial charge in [-0.15, -0.1) is 0 Å². The van der Waals surface area contributed by atoms with E-state index in [0.29, 0.717) is 30.9 Å². The molecule has 2 aromatic rings. The molecule has 0 saturated carbocycles. The second-order valence-electron chi connectivity index (χ2n) is 6.29. The topological polar surface area (TPSA) is 101 Å². The van der Waals surface area contributed by atoms with Gasteiger partial charge in [-0.2, -0.15) is 0 Å². The van der Waals surface area contributed by atoms with Crippen molar-refractivity contribution in [1.29, 1.82) is 0 Å². The van der Waals surface area contributed by atoms with Crippen LogP contribution >= 0.6 is 0 Å². The summed E-state index contributed by atoms with van der Waals surface area (Å²) in [5.41, 5.74) is 13.3. The number of primary amides is 1. The molecule has 1 aliphatic heterocycles. The van der Waals surface area contributed by atoms with Crippen LogP contribution < -0.4 is 16.8 Å². The molecule has 3 rings (SSSR count). The van der Waals surface area contributed by atoms with Crippen molar-refractivity contribution in [2.75, 3.05) is 25.0 Å².